The molecule has 7 nitrogen and oxygen atoms in total. The number of ketones is 1. The van der Waals surface area contributed by atoms with Crippen molar-refractivity contribution in [3.05, 3.63) is 76.1 Å². The summed E-state index contributed by atoms with van der Waals surface area (Å²) >= 11 is 0. The SMILES string of the molecule is CC(=O)c1ccccc1NC(=O)COC(=O)c1cc(=O)[nH]c2ccccc12. The first-order valence-corrected chi connectivity index (χ1v) is 8.14. The highest BCUT2D eigenvalue weighted by molar-refractivity contribution is 6.06. The van der Waals surface area contributed by atoms with Crippen molar-refractivity contribution in [1.29, 1.82) is 0 Å². The topological polar surface area (TPSA) is 105 Å². The van der Waals surface area contributed by atoms with Crippen LogP contribution in [0.4, 0.5) is 5.69 Å². The number of aromatic amines is 1. The van der Waals surface area contributed by atoms with Gasteiger partial charge < -0.3 is 15.0 Å². The van der Waals surface area contributed by atoms with Gasteiger partial charge in [-0.3, -0.25) is 14.4 Å². The molecule has 3 aromatic rings. The van der Waals surface area contributed by atoms with Crippen molar-refractivity contribution in [3.8, 4) is 0 Å². The van der Waals surface area contributed by atoms with Gasteiger partial charge >= 0.3 is 5.97 Å². The van der Waals surface area contributed by atoms with Crippen LogP contribution in [-0.2, 0) is 9.53 Å². The molecule has 0 atom stereocenters. The van der Waals surface area contributed by atoms with E-state index < -0.39 is 24.0 Å². The number of anilines is 1. The van der Waals surface area contributed by atoms with Crippen LogP contribution in [0.25, 0.3) is 10.9 Å². The van der Waals surface area contributed by atoms with Gasteiger partial charge in [0.1, 0.15) is 0 Å². The van der Waals surface area contributed by atoms with E-state index in [4.69, 9.17) is 4.74 Å². The highest BCUT2D eigenvalue weighted by Crippen LogP contribution is 2.17. The molecule has 2 N–H and O–H groups in total. The third-order valence-corrected chi connectivity index (χ3v) is 3.89. The van der Waals surface area contributed by atoms with Gasteiger partial charge in [0.15, 0.2) is 12.4 Å². The average molecular weight is 364 g/mol. The van der Waals surface area contributed by atoms with Gasteiger partial charge in [0, 0.05) is 22.5 Å². The normalized spacial score (nSPS) is 10.4. The Kier molecular flexibility index (Phi) is 5.12. The summed E-state index contributed by atoms with van der Waals surface area (Å²) in [4.78, 5) is 50.3. The van der Waals surface area contributed by atoms with E-state index in [0.717, 1.165) is 6.07 Å². The van der Waals surface area contributed by atoms with Crippen molar-refractivity contribution in [3.63, 3.8) is 0 Å². The van der Waals surface area contributed by atoms with Gasteiger partial charge in [0.2, 0.25) is 5.56 Å². The summed E-state index contributed by atoms with van der Waals surface area (Å²) in [6, 6.07) is 14.5. The molecular weight excluding hydrogens is 348 g/mol. The molecule has 3 rings (SSSR count). The molecule has 0 radical (unpaired) electrons. The summed E-state index contributed by atoms with van der Waals surface area (Å²) in [5.41, 5.74) is 0.828. The van der Waals surface area contributed by atoms with Crippen LogP contribution < -0.4 is 10.9 Å². The van der Waals surface area contributed by atoms with Crippen molar-refractivity contribution in [2.45, 2.75) is 6.92 Å². The van der Waals surface area contributed by atoms with Crippen molar-refractivity contribution < 1.29 is 19.1 Å². The van der Waals surface area contributed by atoms with Crippen LogP contribution >= 0.6 is 0 Å². The molecule has 0 aliphatic heterocycles. The summed E-state index contributed by atoms with van der Waals surface area (Å²) in [5.74, 6) is -1.57. The lowest BCUT2D eigenvalue weighted by atomic mass is 10.1. The van der Waals surface area contributed by atoms with Crippen LogP contribution in [0, 0.1) is 0 Å². The van der Waals surface area contributed by atoms with Gasteiger partial charge in [-0.1, -0.05) is 30.3 Å². The fraction of sp³-hybridized carbons (Fsp3) is 0.100. The number of nitrogens with one attached hydrogen (secondary N) is 2. The van der Waals surface area contributed by atoms with Gasteiger partial charge in [0.05, 0.1) is 11.3 Å². The van der Waals surface area contributed by atoms with Crippen molar-refractivity contribution >= 4 is 34.3 Å². The van der Waals surface area contributed by atoms with Crippen LogP contribution in [-0.4, -0.2) is 29.3 Å². The molecule has 0 saturated carbocycles. The van der Waals surface area contributed by atoms with Gasteiger partial charge in [-0.05, 0) is 25.1 Å². The fourth-order valence-corrected chi connectivity index (χ4v) is 2.67. The van der Waals surface area contributed by atoms with Gasteiger partial charge in [-0.2, -0.15) is 0 Å². The Labute approximate surface area is 154 Å². The van der Waals surface area contributed by atoms with E-state index in [2.05, 4.69) is 10.3 Å². The Morgan fingerprint density at radius 1 is 1.00 bits per heavy atom. The molecular formula is C20H16N2O5. The zero-order chi connectivity index (χ0) is 19.4. The lowest BCUT2D eigenvalue weighted by molar-refractivity contribution is -0.119. The second-order valence-corrected chi connectivity index (χ2v) is 5.82. The molecule has 0 aliphatic rings. The van der Waals surface area contributed by atoms with Crippen LogP contribution in [0.2, 0.25) is 0 Å². The Bertz CT molecular complexity index is 1100. The van der Waals surface area contributed by atoms with E-state index >= 15 is 0 Å². The number of hydrogen-bond donors (Lipinski definition) is 2. The Morgan fingerprint density at radius 3 is 2.48 bits per heavy atom. The smallest absolute Gasteiger partial charge is 0.339 e. The van der Waals surface area contributed by atoms with Crippen molar-refractivity contribution in [1.82, 2.24) is 4.98 Å². The molecule has 2 aromatic carbocycles. The van der Waals surface area contributed by atoms with E-state index in [1.165, 1.54) is 6.92 Å². The number of carbonyl (C=O) groups is 3. The predicted octanol–water partition coefficient (Wildman–Crippen LogP) is 2.53. The third-order valence-electron chi connectivity index (χ3n) is 3.89. The minimum Gasteiger partial charge on any atom is -0.452 e. The first-order chi connectivity index (χ1) is 13.0. The largest absolute Gasteiger partial charge is 0.452 e. The number of benzene rings is 2. The quantitative estimate of drug-likeness (QED) is 0.535. The standard InChI is InChI=1S/C20H16N2O5/c1-12(23)13-6-2-4-8-16(13)22-19(25)11-27-20(26)15-10-18(24)21-17-9-5-3-7-14(15)17/h2-10H,11H2,1H3,(H,21,24)(H,22,25). The van der Waals surface area contributed by atoms with Crippen LogP contribution in [0.3, 0.4) is 0 Å². The van der Waals surface area contributed by atoms with Crippen LogP contribution in [0.5, 0.6) is 0 Å². The first-order valence-electron chi connectivity index (χ1n) is 8.14. The maximum absolute atomic E-state index is 12.3. The van der Waals surface area contributed by atoms with E-state index in [-0.39, 0.29) is 11.3 Å². The number of ether oxygens (including phenoxy) is 1. The van der Waals surface area contributed by atoms with E-state index in [0.29, 0.717) is 22.2 Å². The summed E-state index contributed by atoms with van der Waals surface area (Å²) in [6.45, 7) is 0.843. The minimum absolute atomic E-state index is 0.0753. The molecule has 0 saturated heterocycles. The molecule has 1 heterocycles. The lowest BCUT2D eigenvalue weighted by Gasteiger charge is -2.10. The van der Waals surface area contributed by atoms with Crippen molar-refractivity contribution in [2.75, 3.05) is 11.9 Å². The summed E-state index contributed by atoms with van der Waals surface area (Å²) < 4.78 is 5.04. The number of esters is 1. The highest BCUT2D eigenvalue weighted by atomic mass is 16.5. The second-order valence-electron chi connectivity index (χ2n) is 5.82. The van der Waals surface area contributed by atoms with E-state index in [1.807, 2.05) is 0 Å². The summed E-state index contributed by atoms with van der Waals surface area (Å²) in [6.07, 6.45) is 0. The van der Waals surface area contributed by atoms with Gasteiger partial charge in [-0.15, -0.1) is 0 Å². The number of hydrogen-bond acceptors (Lipinski definition) is 5. The van der Waals surface area contributed by atoms with E-state index in [9.17, 15) is 19.2 Å². The molecule has 0 unspecified atom stereocenters. The monoisotopic (exact) mass is 364 g/mol. The van der Waals surface area contributed by atoms with Gasteiger partial charge in [-0.25, -0.2) is 4.79 Å². The summed E-state index contributed by atoms with van der Waals surface area (Å²) in [7, 11) is 0. The first kappa shape index (κ1) is 18.1. The number of para-hydroxylation sites is 2. The zero-order valence-corrected chi connectivity index (χ0v) is 14.4. The molecule has 0 aliphatic carbocycles. The second kappa shape index (κ2) is 7.65. The maximum Gasteiger partial charge on any atom is 0.339 e. The number of aromatic nitrogens is 1. The molecule has 0 spiro atoms. The Balaban J connectivity index is 1.72. The number of carbonyl (C=O) groups excluding carboxylic acids is 3. The number of rotatable bonds is 5. The highest BCUT2D eigenvalue weighted by Gasteiger charge is 2.16. The average Bonchev–Trinajstić information content (AvgIpc) is 2.65. The molecule has 0 fully saturated rings. The lowest BCUT2D eigenvalue weighted by Crippen LogP contribution is -2.22. The molecule has 7 heteroatoms. The Morgan fingerprint density at radius 2 is 1.70 bits per heavy atom. The molecule has 1 aromatic heterocycles. The predicted molar refractivity (Wildman–Crippen MR) is 99.9 cm³/mol. The number of amides is 1. The van der Waals surface area contributed by atoms with Crippen molar-refractivity contribution in [2.24, 2.45) is 0 Å². The molecule has 27 heavy (non-hydrogen) atoms. The zero-order valence-electron chi connectivity index (χ0n) is 14.4. The fourth-order valence-electron chi connectivity index (χ4n) is 2.67. The third kappa shape index (κ3) is 4.09. The number of Topliss-reactive ketones (excluding diaryl/α,β-unsaturated/α-hetero) is 1. The number of H-pyrrole nitrogens is 1. The number of pyridine rings is 1. The van der Waals surface area contributed by atoms with Crippen LogP contribution in [0.15, 0.2) is 59.4 Å². The minimum atomic E-state index is -0.785. The maximum atomic E-state index is 12.3. The summed E-state index contributed by atoms with van der Waals surface area (Å²) in [5, 5.41) is 3.06. The van der Waals surface area contributed by atoms with Gasteiger partial charge in [0.25, 0.3) is 5.91 Å². The van der Waals surface area contributed by atoms with Crippen LogP contribution in [0.1, 0.15) is 27.6 Å². The molecule has 0 bridgehead atoms. The molecule has 1 amide bonds. The number of fused-ring (bicyclic) bond motifs is 1. The van der Waals surface area contributed by atoms with E-state index in [1.54, 1.807) is 48.5 Å². The molecule has 136 valence electrons. The Hall–Kier alpha value is -3.74.